The van der Waals surface area contributed by atoms with Gasteiger partial charge in [-0.25, -0.2) is 4.79 Å². The average Bonchev–Trinajstić information content (AvgIpc) is 2.87. The molecule has 4 rings (SSSR count). The van der Waals surface area contributed by atoms with Crippen LogP contribution in [-0.2, 0) is 9.59 Å². The molecule has 1 aromatic heterocycles. The second-order valence-electron chi connectivity index (χ2n) is 5.72. The topological polar surface area (TPSA) is 82.5 Å². The molecule has 1 aromatic rings. The molecule has 6 nitrogen and oxygen atoms in total. The summed E-state index contributed by atoms with van der Waals surface area (Å²) in [5.41, 5.74) is 1.64. The molecule has 112 valence electrons. The van der Waals surface area contributed by atoms with E-state index in [2.05, 4.69) is 10.3 Å². The van der Waals surface area contributed by atoms with Gasteiger partial charge in [0.2, 0.25) is 5.91 Å². The number of aliphatic carboxylic acids is 1. The molecule has 2 saturated heterocycles. The number of pyridine rings is 1. The fourth-order valence-electron chi connectivity index (χ4n) is 3.69. The quantitative estimate of drug-likeness (QED) is 0.800. The standard InChI is InChI=1S/C16H15N3O3/c20-15-12-13-11(6-8-18-12)10(14(16(21)22)19(13)15)5-4-9-3-1-2-7-17-9/h1-5,7,11-13,18H,6,8H2,(H,21,22)/b5-4+/t11?,12-,13+/m0/s1. The van der Waals surface area contributed by atoms with Gasteiger partial charge in [0.1, 0.15) is 11.7 Å². The number of carboxylic acid groups (broad SMARTS) is 1. The number of hydrogen-bond acceptors (Lipinski definition) is 4. The normalized spacial score (nSPS) is 29.7. The fourth-order valence-corrected chi connectivity index (χ4v) is 3.69. The SMILES string of the molecule is O=C(O)C1=C(/C=C/c2ccccn2)C2CCN[C@@H]3C(=O)N1[C@H]23. The number of carbonyl (C=O) groups excluding carboxylic acids is 1. The summed E-state index contributed by atoms with van der Waals surface area (Å²) in [6.45, 7) is 0.735. The first-order chi connectivity index (χ1) is 10.7. The van der Waals surface area contributed by atoms with Gasteiger partial charge in [-0.1, -0.05) is 12.1 Å². The van der Waals surface area contributed by atoms with Crippen LogP contribution in [0.3, 0.4) is 0 Å². The summed E-state index contributed by atoms with van der Waals surface area (Å²) in [5.74, 6) is -1.08. The highest BCUT2D eigenvalue weighted by atomic mass is 16.4. The number of nitrogens with zero attached hydrogens (tertiary/aromatic N) is 2. The fraction of sp³-hybridized carbons (Fsp3) is 0.312. The van der Waals surface area contributed by atoms with Crippen LogP contribution in [0, 0.1) is 5.92 Å². The molecule has 3 atom stereocenters. The highest BCUT2D eigenvalue weighted by molar-refractivity contribution is 6.02. The monoisotopic (exact) mass is 297 g/mol. The van der Waals surface area contributed by atoms with Crippen LogP contribution in [0.5, 0.6) is 0 Å². The minimum absolute atomic E-state index is 0.0456. The van der Waals surface area contributed by atoms with E-state index in [1.165, 1.54) is 4.90 Å². The van der Waals surface area contributed by atoms with Gasteiger partial charge in [0.05, 0.1) is 11.7 Å². The summed E-state index contributed by atoms with van der Waals surface area (Å²) in [7, 11) is 0. The molecule has 3 aliphatic heterocycles. The molecule has 3 aliphatic rings. The zero-order chi connectivity index (χ0) is 15.3. The summed E-state index contributed by atoms with van der Waals surface area (Å²) >= 11 is 0. The molecule has 2 N–H and O–H groups in total. The Hall–Kier alpha value is -2.47. The largest absolute Gasteiger partial charge is 0.477 e. The van der Waals surface area contributed by atoms with E-state index in [9.17, 15) is 14.7 Å². The predicted molar refractivity (Wildman–Crippen MR) is 78.5 cm³/mol. The third-order valence-corrected chi connectivity index (χ3v) is 4.61. The van der Waals surface area contributed by atoms with E-state index >= 15 is 0 Å². The van der Waals surface area contributed by atoms with E-state index in [1.54, 1.807) is 6.20 Å². The Morgan fingerprint density at radius 1 is 1.41 bits per heavy atom. The molecule has 0 aromatic carbocycles. The van der Waals surface area contributed by atoms with Crippen LogP contribution >= 0.6 is 0 Å². The molecule has 22 heavy (non-hydrogen) atoms. The lowest BCUT2D eigenvalue weighted by atomic mass is 9.79. The van der Waals surface area contributed by atoms with E-state index in [-0.39, 0.29) is 29.6 Å². The van der Waals surface area contributed by atoms with Crippen molar-refractivity contribution in [3.05, 3.63) is 47.4 Å². The molecule has 0 radical (unpaired) electrons. The van der Waals surface area contributed by atoms with Crippen LogP contribution in [0.4, 0.5) is 0 Å². The number of rotatable bonds is 3. The maximum atomic E-state index is 12.1. The zero-order valence-corrected chi connectivity index (χ0v) is 11.8. The lowest BCUT2D eigenvalue weighted by Crippen LogP contribution is -2.71. The predicted octanol–water partition coefficient (Wildman–Crippen LogP) is 0.636. The van der Waals surface area contributed by atoms with Gasteiger partial charge < -0.3 is 10.4 Å². The van der Waals surface area contributed by atoms with E-state index in [0.717, 1.165) is 24.2 Å². The smallest absolute Gasteiger partial charge is 0.352 e. The molecule has 1 unspecified atom stereocenters. The third-order valence-electron chi connectivity index (χ3n) is 4.61. The van der Waals surface area contributed by atoms with Crippen LogP contribution in [0.25, 0.3) is 6.08 Å². The summed E-state index contributed by atoms with van der Waals surface area (Å²) < 4.78 is 0. The first-order valence-electron chi connectivity index (χ1n) is 7.31. The van der Waals surface area contributed by atoms with Crippen LogP contribution in [0.15, 0.2) is 41.7 Å². The van der Waals surface area contributed by atoms with Crippen molar-refractivity contribution in [2.45, 2.75) is 18.5 Å². The Morgan fingerprint density at radius 3 is 3.00 bits per heavy atom. The lowest BCUT2D eigenvalue weighted by Gasteiger charge is -2.48. The number of piperidine rings is 1. The van der Waals surface area contributed by atoms with Crippen molar-refractivity contribution < 1.29 is 14.7 Å². The summed E-state index contributed by atoms with van der Waals surface area (Å²) in [6.07, 6.45) is 6.15. The van der Waals surface area contributed by atoms with Crippen molar-refractivity contribution >= 4 is 18.0 Å². The van der Waals surface area contributed by atoms with Crippen LogP contribution in [0.1, 0.15) is 12.1 Å². The maximum Gasteiger partial charge on any atom is 0.352 e. The minimum atomic E-state index is -1.04. The molecule has 6 heteroatoms. The molecular weight excluding hydrogens is 282 g/mol. The van der Waals surface area contributed by atoms with E-state index in [1.807, 2.05) is 30.4 Å². The molecule has 0 aliphatic carbocycles. The van der Waals surface area contributed by atoms with Gasteiger partial charge in [-0.15, -0.1) is 0 Å². The average molecular weight is 297 g/mol. The Labute approximate surface area is 127 Å². The van der Waals surface area contributed by atoms with Crippen LogP contribution in [0.2, 0.25) is 0 Å². The summed E-state index contributed by atoms with van der Waals surface area (Å²) in [6, 6.07) is 5.30. The number of hydrogen-bond donors (Lipinski definition) is 2. The van der Waals surface area contributed by atoms with Gasteiger partial charge >= 0.3 is 5.97 Å². The van der Waals surface area contributed by atoms with Crippen molar-refractivity contribution in [1.82, 2.24) is 15.2 Å². The third kappa shape index (κ3) is 1.74. The molecule has 4 heterocycles. The first-order valence-corrected chi connectivity index (χ1v) is 7.31. The van der Waals surface area contributed by atoms with Crippen LogP contribution in [-0.4, -0.2) is 45.5 Å². The van der Waals surface area contributed by atoms with E-state index in [4.69, 9.17) is 0 Å². The van der Waals surface area contributed by atoms with Crippen molar-refractivity contribution in [2.24, 2.45) is 5.92 Å². The zero-order valence-electron chi connectivity index (χ0n) is 11.8. The Kier molecular flexibility index (Phi) is 2.87. The Bertz CT molecular complexity index is 711. The Balaban J connectivity index is 1.74. The lowest BCUT2D eigenvalue weighted by molar-refractivity contribution is -0.154. The summed E-state index contributed by atoms with van der Waals surface area (Å²) in [4.78, 5) is 29.4. The number of β-lactam (4-membered cyclic amide) rings is 1. The Morgan fingerprint density at radius 2 is 2.27 bits per heavy atom. The van der Waals surface area contributed by atoms with Gasteiger partial charge in [0, 0.05) is 12.1 Å². The van der Waals surface area contributed by atoms with Crippen molar-refractivity contribution in [3.8, 4) is 0 Å². The first kappa shape index (κ1) is 13.2. The number of aromatic nitrogens is 1. The van der Waals surface area contributed by atoms with Crippen LogP contribution < -0.4 is 5.32 Å². The number of carboxylic acids is 1. The van der Waals surface area contributed by atoms with E-state index < -0.39 is 5.97 Å². The minimum Gasteiger partial charge on any atom is -0.477 e. The van der Waals surface area contributed by atoms with Gasteiger partial charge in [0.15, 0.2) is 0 Å². The maximum absolute atomic E-state index is 12.1. The van der Waals surface area contributed by atoms with Crippen molar-refractivity contribution in [1.29, 1.82) is 0 Å². The second kappa shape index (κ2) is 4.78. The number of allylic oxidation sites excluding steroid dienone is 1. The highest BCUT2D eigenvalue weighted by Crippen LogP contribution is 2.46. The molecule has 0 spiro atoms. The molecular formula is C16H15N3O3. The molecule has 0 bridgehead atoms. The van der Waals surface area contributed by atoms with E-state index in [0.29, 0.717) is 0 Å². The van der Waals surface area contributed by atoms with Gasteiger partial charge in [0.25, 0.3) is 0 Å². The molecule has 0 saturated carbocycles. The van der Waals surface area contributed by atoms with Gasteiger partial charge in [-0.2, -0.15) is 0 Å². The second-order valence-corrected chi connectivity index (χ2v) is 5.72. The van der Waals surface area contributed by atoms with Gasteiger partial charge in [-0.3, -0.25) is 14.7 Å². The van der Waals surface area contributed by atoms with Crippen molar-refractivity contribution in [2.75, 3.05) is 6.54 Å². The summed E-state index contributed by atoms with van der Waals surface area (Å²) in [5, 5.41) is 12.7. The number of amides is 1. The highest BCUT2D eigenvalue weighted by Gasteiger charge is 2.60. The molecule has 2 fully saturated rings. The number of carbonyl (C=O) groups is 2. The van der Waals surface area contributed by atoms with Crippen molar-refractivity contribution in [3.63, 3.8) is 0 Å². The number of nitrogens with one attached hydrogen (secondary N) is 1. The molecule has 1 amide bonds. The van der Waals surface area contributed by atoms with Gasteiger partial charge in [-0.05, 0) is 36.7 Å².